The average Bonchev–Trinajstić information content (AvgIpc) is 2.49. The molecule has 0 N–H and O–H groups in total. The van der Waals surface area contributed by atoms with Crippen LogP contribution in [0.5, 0.6) is 0 Å². The van der Waals surface area contributed by atoms with Gasteiger partial charge in [0.15, 0.2) is 0 Å². The van der Waals surface area contributed by atoms with Gasteiger partial charge >= 0.3 is 0 Å². The largest absolute Gasteiger partial charge is 0.111 e. The zero-order valence-electron chi connectivity index (χ0n) is 12.9. The molecule has 106 valence electrons. The van der Waals surface area contributed by atoms with E-state index in [1.165, 1.54) is 9.79 Å². The summed E-state index contributed by atoms with van der Waals surface area (Å²) in [5.41, 5.74) is 0. The highest BCUT2D eigenvalue weighted by Gasteiger charge is 2.11. The van der Waals surface area contributed by atoms with Gasteiger partial charge in [0, 0.05) is 11.2 Å². The molecule has 0 heterocycles. The van der Waals surface area contributed by atoms with E-state index < -0.39 is 0 Å². The Morgan fingerprint density at radius 3 is 1.80 bits per heavy atom. The highest BCUT2D eigenvalue weighted by molar-refractivity contribution is 8.17. The van der Waals surface area contributed by atoms with E-state index >= 15 is 0 Å². The molecule has 2 rings (SSSR count). The molecule has 0 nitrogen and oxygen atoms in total. The van der Waals surface area contributed by atoms with Crippen molar-refractivity contribution in [1.82, 2.24) is 0 Å². The third kappa shape index (κ3) is 5.64. The number of hydrogen-bond acceptors (Lipinski definition) is 2. The Labute approximate surface area is 132 Å². The van der Waals surface area contributed by atoms with Crippen LogP contribution in [0.25, 0.3) is 0 Å². The quantitative estimate of drug-likeness (QED) is 0.404. The Balaban J connectivity index is 1.96. The monoisotopic (exact) mass is 303 g/mol. The van der Waals surface area contributed by atoms with E-state index in [2.05, 4.69) is 60.7 Å². The van der Waals surface area contributed by atoms with Crippen molar-refractivity contribution in [2.45, 2.75) is 47.0 Å². The van der Waals surface area contributed by atoms with Crippen molar-refractivity contribution < 1.29 is 1.37 Å². The van der Waals surface area contributed by atoms with E-state index in [1.807, 2.05) is 30.4 Å². The van der Waals surface area contributed by atoms with Gasteiger partial charge in [0.2, 0.25) is 0 Å². The van der Waals surface area contributed by atoms with E-state index in [1.54, 1.807) is 0 Å². The number of hydrogen-bond donors (Lipinski definition) is 0. The van der Waals surface area contributed by atoms with Crippen LogP contribution in [0.4, 0.5) is 0 Å². The van der Waals surface area contributed by atoms with Crippen LogP contribution < -0.4 is 0 Å². The summed E-state index contributed by atoms with van der Waals surface area (Å²) in [5.74, 6) is 0. The molecule has 0 saturated heterocycles. The van der Waals surface area contributed by atoms with Crippen LogP contribution in [0.2, 0.25) is 0 Å². The summed E-state index contributed by atoms with van der Waals surface area (Å²) in [6.07, 6.45) is 3.30. The summed E-state index contributed by atoms with van der Waals surface area (Å²) in [6.45, 7) is 1.98. The standard InChI is InChI=1S/C18H22S2/c1-2-3-6-15-18(19-16-11-7-4-8-12-16)20-17-13-9-5-10-14-17/h4-5,7-14,18H,2-3,6,15H2,1H3/i2D/t2-/m0/s1. The van der Waals surface area contributed by atoms with E-state index in [9.17, 15) is 0 Å². The smallest absolute Gasteiger partial charge is 0.0596 e. The van der Waals surface area contributed by atoms with Crippen molar-refractivity contribution in [2.75, 3.05) is 0 Å². The summed E-state index contributed by atoms with van der Waals surface area (Å²) < 4.78 is 8.16. The Kier molecular flexibility index (Phi) is 6.44. The number of thioether (sulfide) groups is 2. The van der Waals surface area contributed by atoms with Crippen LogP contribution in [0, 0.1) is 0 Å². The molecule has 2 aromatic rings. The van der Waals surface area contributed by atoms with Crippen LogP contribution in [-0.2, 0) is 0 Å². The molecule has 20 heavy (non-hydrogen) atoms. The predicted molar refractivity (Wildman–Crippen MR) is 92.5 cm³/mol. The summed E-state index contributed by atoms with van der Waals surface area (Å²) in [5, 5.41) is 0. The molecule has 0 saturated carbocycles. The highest BCUT2D eigenvalue weighted by Crippen LogP contribution is 2.38. The Morgan fingerprint density at radius 1 is 0.850 bits per heavy atom. The van der Waals surface area contributed by atoms with Crippen molar-refractivity contribution in [3.05, 3.63) is 60.7 Å². The van der Waals surface area contributed by atoms with Gasteiger partial charge in [-0.1, -0.05) is 62.6 Å². The molecule has 0 unspecified atom stereocenters. The molecule has 0 bridgehead atoms. The normalized spacial score (nSPS) is 13.2. The van der Waals surface area contributed by atoms with Crippen LogP contribution in [0.3, 0.4) is 0 Å². The summed E-state index contributed by atoms with van der Waals surface area (Å²) >= 11 is 3.87. The maximum absolute atomic E-state index is 7.65. The second kappa shape index (κ2) is 9.15. The first kappa shape index (κ1) is 14.1. The zero-order chi connectivity index (χ0) is 14.9. The topological polar surface area (TPSA) is 0 Å². The number of benzene rings is 2. The molecule has 0 aliphatic carbocycles. The minimum absolute atomic E-state index is 0.0501. The molecule has 0 spiro atoms. The van der Waals surface area contributed by atoms with Crippen LogP contribution >= 0.6 is 23.5 Å². The second-order valence-corrected chi connectivity index (χ2v) is 7.48. The first-order valence-corrected chi connectivity index (χ1v) is 8.85. The maximum Gasteiger partial charge on any atom is 0.0596 e. The molecule has 1 atom stereocenters. The summed E-state index contributed by atoms with van der Waals surface area (Å²) in [7, 11) is 0. The van der Waals surface area contributed by atoms with Gasteiger partial charge in [0.25, 0.3) is 0 Å². The summed E-state index contributed by atoms with van der Waals surface area (Å²) in [6, 6.07) is 21.2. The van der Waals surface area contributed by atoms with Crippen molar-refractivity contribution in [1.29, 1.82) is 0 Å². The zero-order valence-corrected chi connectivity index (χ0v) is 13.5. The third-order valence-corrected chi connectivity index (χ3v) is 5.62. The lowest BCUT2D eigenvalue weighted by molar-refractivity contribution is 0.696. The van der Waals surface area contributed by atoms with Crippen LogP contribution in [-0.4, -0.2) is 4.58 Å². The van der Waals surface area contributed by atoms with Crippen molar-refractivity contribution in [3.63, 3.8) is 0 Å². The Hall–Kier alpha value is -0.860. The fourth-order valence-corrected chi connectivity index (χ4v) is 4.60. The van der Waals surface area contributed by atoms with Crippen molar-refractivity contribution in [3.8, 4) is 0 Å². The maximum atomic E-state index is 7.65. The lowest BCUT2D eigenvalue weighted by atomic mass is 10.2. The van der Waals surface area contributed by atoms with Gasteiger partial charge in [-0.3, -0.25) is 0 Å². The van der Waals surface area contributed by atoms with Gasteiger partial charge < -0.3 is 0 Å². The molecule has 2 heteroatoms. The Morgan fingerprint density at radius 2 is 1.35 bits per heavy atom. The fraction of sp³-hybridized carbons (Fsp3) is 0.333. The highest BCUT2D eigenvalue weighted by atomic mass is 32.2. The van der Waals surface area contributed by atoms with Gasteiger partial charge in [-0.05, 0) is 30.7 Å². The third-order valence-electron chi connectivity index (χ3n) is 2.95. The van der Waals surface area contributed by atoms with E-state index in [-0.39, 0.29) is 6.40 Å². The SMILES string of the molecule is [2H][C@@H](C)CCCC(Sc1ccccc1)Sc1ccccc1. The van der Waals surface area contributed by atoms with E-state index in [4.69, 9.17) is 1.37 Å². The molecular weight excluding hydrogens is 280 g/mol. The lowest BCUT2D eigenvalue weighted by Crippen LogP contribution is -1.97. The van der Waals surface area contributed by atoms with Gasteiger partial charge in [-0.25, -0.2) is 0 Å². The van der Waals surface area contributed by atoms with Crippen LogP contribution in [0.15, 0.2) is 70.5 Å². The first-order chi connectivity index (χ1) is 10.2. The predicted octanol–water partition coefficient (Wildman–Crippen LogP) is 6.48. The lowest BCUT2D eigenvalue weighted by Gasteiger charge is -2.16. The Bertz CT molecular complexity index is 458. The molecule has 0 aliphatic heterocycles. The van der Waals surface area contributed by atoms with E-state index in [0.29, 0.717) is 4.58 Å². The molecule has 0 radical (unpaired) electrons. The van der Waals surface area contributed by atoms with Crippen molar-refractivity contribution in [2.24, 2.45) is 0 Å². The molecule has 2 aromatic carbocycles. The molecule has 0 aromatic heterocycles. The molecule has 0 amide bonds. The van der Waals surface area contributed by atoms with Gasteiger partial charge in [0.1, 0.15) is 0 Å². The van der Waals surface area contributed by atoms with Gasteiger partial charge in [-0.2, -0.15) is 0 Å². The molecule has 0 aliphatic rings. The molecule has 0 fully saturated rings. The van der Waals surface area contributed by atoms with Crippen molar-refractivity contribution >= 4 is 23.5 Å². The fourth-order valence-electron chi connectivity index (χ4n) is 1.93. The second-order valence-electron chi connectivity index (χ2n) is 4.63. The minimum Gasteiger partial charge on any atom is -0.111 e. The average molecular weight is 304 g/mol. The number of rotatable bonds is 8. The molecular formula is C18H22S2. The van der Waals surface area contributed by atoms with Gasteiger partial charge in [-0.15, -0.1) is 23.5 Å². The summed E-state index contributed by atoms with van der Waals surface area (Å²) in [4.78, 5) is 2.65. The van der Waals surface area contributed by atoms with E-state index in [0.717, 1.165) is 19.3 Å². The van der Waals surface area contributed by atoms with Crippen LogP contribution in [0.1, 0.15) is 34.0 Å². The first-order valence-electron chi connectivity index (χ1n) is 7.67. The van der Waals surface area contributed by atoms with Gasteiger partial charge in [0.05, 0.1) is 4.58 Å². The minimum atomic E-state index is 0.0501.